The summed E-state index contributed by atoms with van der Waals surface area (Å²) in [6, 6.07) is 8.26. The molecule has 2 aromatic rings. The van der Waals surface area contributed by atoms with Crippen LogP contribution in [0.15, 0.2) is 24.4 Å². The van der Waals surface area contributed by atoms with Crippen molar-refractivity contribution in [2.75, 3.05) is 0 Å². The zero-order chi connectivity index (χ0) is 7.68. The summed E-state index contributed by atoms with van der Waals surface area (Å²) in [7, 11) is 0. The van der Waals surface area contributed by atoms with E-state index < -0.39 is 0 Å². The third-order valence-electron chi connectivity index (χ3n) is 1.43. The number of nitrogens with zero attached hydrogens (tertiary/aromatic N) is 2. The topological polar surface area (TPSA) is 25.8 Å². The van der Waals surface area contributed by atoms with Crippen molar-refractivity contribution < 1.29 is 0 Å². The van der Waals surface area contributed by atoms with Gasteiger partial charge in [0.2, 0.25) is 0 Å². The van der Waals surface area contributed by atoms with E-state index in [1.54, 1.807) is 12.3 Å². The molecule has 11 heavy (non-hydrogen) atoms. The molecule has 0 atom stereocenters. The Bertz CT molecular complexity index is 381. The Morgan fingerprint density at radius 2 is 2.27 bits per heavy atom. The molecule has 1 radical (unpaired) electrons. The predicted molar refractivity (Wildman–Crippen MR) is 43.4 cm³/mol. The SMILES string of the molecule is Clc1c[c]cc2ccnnc12. The molecule has 2 nitrogen and oxygen atoms in total. The maximum atomic E-state index is 5.82. The molecule has 3 heteroatoms. The third-order valence-corrected chi connectivity index (χ3v) is 1.72. The molecule has 0 fully saturated rings. The van der Waals surface area contributed by atoms with Gasteiger partial charge in [-0.2, -0.15) is 5.10 Å². The summed E-state index contributed by atoms with van der Waals surface area (Å²) in [5.41, 5.74) is 0.730. The summed E-state index contributed by atoms with van der Waals surface area (Å²) in [5, 5.41) is 9.16. The van der Waals surface area contributed by atoms with E-state index in [2.05, 4.69) is 16.3 Å². The smallest absolute Gasteiger partial charge is 0.112 e. The van der Waals surface area contributed by atoms with Crippen LogP contribution in [0.3, 0.4) is 0 Å². The fraction of sp³-hybridized carbons (Fsp3) is 0. The van der Waals surface area contributed by atoms with Crippen LogP contribution in [0, 0.1) is 6.07 Å². The molecule has 0 unspecified atom stereocenters. The van der Waals surface area contributed by atoms with E-state index in [0.717, 1.165) is 10.9 Å². The first-order chi connectivity index (χ1) is 5.38. The van der Waals surface area contributed by atoms with Crippen LogP contribution in [0.25, 0.3) is 10.9 Å². The highest BCUT2D eigenvalue weighted by Crippen LogP contribution is 2.18. The van der Waals surface area contributed by atoms with Crippen LogP contribution in [0.4, 0.5) is 0 Å². The Kier molecular flexibility index (Phi) is 1.47. The standard InChI is InChI=1S/C8H4ClN2/c9-7-3-1-2-6-4-5-10-11-8(6)7/h2-5H. The Morgan fingerprint density at radius 3 is 3.09 bits per heavy atom. The Balaban J connectivity index is 2.91. The second kappa shape index (κ2) is 2.47. The minimum absolute atomic E-state index is 0.593. The highest BCUT2D eigenvalue weighted by atomic mass is 35.5. The second-order valence-electron chi connectivity index (χ2n) is 2.14. The molecule has 0 N–H and O–H groups in total. The van der Waals surface area contributed by atoms with Crippen molar-refractivity contribution in [1.29, 1.82) is 0 Å². The van der Waals surface area contributed by atoms with Crippen molar-refractivity contribution in [3.63, 3.8) is 0 Å². The van der Waals surface area contributed by atoms with Crippen LogP contribution in [-0.2, 0) is 0 Å². The lowest BCUT2D eigenvalue weighted by Crippen LogP contribution is -1.82. The molecule has 0 bridgehead atoms. The number of aromatic nitrogens is 2. The molecule has 53 valence electrons. The first kappa shape index (κ1) is 6.55. The van der Waals surface area contributed by atoms with E-state index in [1.807, 2.05) is 12.1 Å². The van der Waals surface area contributed by atoms with E-state index in [0.29, 0.717) is 5.02 Å². The third kappa shape index (κ3) is 1.05. The van der Waals surface area contributed by atoms with Gasteiger partial charge in [-0.25, -0.2) is 0 Å². The fourth-order valence-corrected chi connectivity index (χ4v) is 1.13. The van der Waals surface area contributed by atoms with Crippen LogP contribution >= 0.6 is 11.6 Å². The largest absolute Gasteiger partial charge is 0.158 e. The van der Waals surface area contributed by atoms with Crippen LogP contribution in [0.1, 0.15) is 0 Å². The molecule has 1 heterocycles. The van der Waals surface area contributed by atoms with Crippen molar-refractivity contribution in [2.45, 2.75) is 0 Å². The van der Waals surface area contributed by atoms with Crippen molar-refractivity contribution in [2.24, 2.45) is 0 Å². The number of benzene rings is 1. The van der Waals surface area contributed by atoms with Gasteiger partial charge in [0.15, 0.2) is 0 Å². The van der Waals surface area contributed by atoms with Crippen LogP contribution in [0.5, 0.6) is 0 Å². The van der Waals surface area contributed by atoms with Crippen LogP contribution in [0.2, 0.25) is 5.02 Å². The van der Waals surface area contributed by atoms with Gasteiger partial charge in [0.25, 0.3) is 0 Å². The lowest BCUT2D eigenvalue weighted by molar-refractivity contribution is 1.08. The zero-order valence-corrected chi connectivity index (χ0v) is 6.34. The number of rotatable bonds is 0. The van der Waals surface area contributed by atoms with Gasteiger partial charge in [0.05, 0.1) is 11.2 Å². The minimum Gasteiger partial charge on any atom is -0.158 e. The normalized spacial score (nSPS) is 10.3. The first-order valence-corrected chi connectivity index (χ1v) is 3.53. The lowest BCUT2D eigenvalue weighted by Gasteiger charge is -1.94. The monoisotopic (exact) mass is 163 g/mol. The van der Waals surface area contributed by atoms with E-state index in [4.69, 9.17) is 11.6 Å². The van der Waals surface area contributed by atoms with E-state index in [1.165, 1.54) is 0 Å². The molecule has 0 aliphatic carbocycles. The van der Waals surface area contributed by atoms with Crippen LogP contribution < -0.4 is 0 Å². The Morgan fingerprint density at radius 1 is 1.36 bits per heavy atom. The van der Waals surface area contributed by atoms with Gasteiger partial charge < -0.3 is 0 Å². The molecule has 0 aliphatic heterocycles. The quantitative estimate of drug-likeness (QED) is 0.594. The molecular weight excluding hydrogens is 160 g/mol. The summed E-state index contributed by atoms with van der Waals surface area (Å²) >= 11 is 5.82. The molecule has 0 saturated carbocycles. The zero-order valence-electron chi connectivity index (χ0n) is 5.58. The summed E-state index contributed by atoms with van der Waals surface area (Å²) in [6.45, 7) is 0. The minimum atomic E-state index is 0.593. The average molecular weight is 164 g/mol. The van der Waals surface area contributed by atoms with Crippen molar-refractivity contribution in [3.05, 3.63) is 35.5 Å². The Labute approximate surface area is 68.8 Å². The fourth-order valence-electron chi connectivity index (χ4n) is 0.916. The first-order valence-electron chi connectivity index (χ1n) is 3.15. The van der Waals surface area contributed by atoms with Crippen molar-refractivity contribution >= 4 is 22.5 Å². The number of hydrogen-bond donors (Lipinski definition) is 0. The molecule has 1 aromatic carbocycles. The maximum Gasteiger partial charge on any atom is 0.112 e. The van der Waals surface area contributed by atoms with E-state index in [9.17, 15) is 0 Å². The molecule has 2 rings (SSSR count). The second-order valence-corrected chi connectivity index (χ2v) is 2.55. The summed E-state index contributed by atoms with van der Waals surface area (Å²) in [6.07, 6.45) is 1.63. The van der Waals surface area contributed by atoms with E-state index in [-0.39, 0.29) is 0 Å². The molecular formula is C8H4ClN2. The molecule has 0 aliphatic rings. The summed E-state index contributed by atoms with van der Waals surface area (Å²) in [4.78, 5) is 0. The molecule has 0 saturated heterocycles. The van der Waals surface area contributed by atoms with E-state index >= 15 is 0 Å². The van der Waals surface area contributed by atoms with Crippen molar-refractivity contribution in [3.8, 4) is 0 Å². The number of hydrogen-bond acceptors (Lipinski definition) is 2. The highest BCUT2D eigenvalue weighted by molar-refractivity contribution is 6.34. The van der Waals surface area contributed by atoms with Gasteiger partial charge in [0.1, 0.15) is 5.52 Å². The van der Waals surface area contributed by atoms with Crippen LogP contribution in [-0.4, -0.2) is 10.2 Å². The predicted octanol–water partition coefficient (Wildman–Crippen LogP) is 2.08. The molecule has 0 amide bonds. The van der Waals surface area contributed by atoms with Crippen molar-refractivity contribution in [1.82, 2.24) is 10.2 Å². The van der Waals surface area contributed by atoms with Gasteiger partial charge in [0, 0.05) is 5.39 Å². The van der Waals surface area contributed by atoms with Gasteiger partial charge in [-0.05, 0) is 24.3 Å². The highest BCUT2D eigenvalue weighted by Gasteiger charge is 1.97. The van der Waals surface area contributed by atoms with Gasteiger partial charge >= 0.3 is 0 Å². The van der Waals surface area contributed by atoms with Gasteiger partial charge in [-0.3, -0.25) is 0 Å². The van der Waals surface area contributed by atoms with Gasteiger partial charge in [-0.15, -0.1) is 5.10 Å². The number of fused-ring (bicyclic) bond motifs is 1. The molecule has 1 aromatic heterocycles. The summed E-state index contributed by atoms with van der Waals surface area (Å²) in [5.74, 6) is 0. The lowest BCUT2D eigenvalue weighted by atomic mass is 10.2. The Hall–Kier alpha value is -1.15. The molecule has 0 spiro atoms. The summed E-state index contributed by atoms with van der Waals surface area (Å²) < 4.78 is 0. The maximum absolute atomic E-state index is 5.82. The average Bonchev–Trinajstić information content (AvgIpc) is 2.06. The number of halogens is 1. The van der Waals surface area contributed by atoms with Gasteiger partial charge in [-0.1, -0.05) is 11.6 Å².